The number of nitrogens with zero attached hydrogens (tertiary/aromatic N) is 3. The molecule has 2 heterocycles. The van der Waals surface area contributed by atoms with Gasteiger partial charge in [0.1, 0.15) is 6.61 Å². The van der Waals surface area contributed by atoms with Crippen molar-refractivity contribution >= 4 is 0 Å². The summed E-state index contributed by atoms with van der Waals surface area (Å²) in [6.45, 7) is 4.25. The Bertz CT molecular complexity index is 649. The van der Waals surface area contributed by atoms with Crippen molar-refractivity contribution in [3.05, 3.63) is 47.2 Å². The Labute approximate surface area is 130 Å². The van der Waals surface area contributed by atoms with Crippen molar-refractivity contribution in [1.29, 1.82) is 0 Å². The molecule has 1 aromatic heterocycles. The third-order valence-electron chi connectivity index (χ3n) is 4.72. The Balaban J connectivity index is 1.26. The van der Waals surface area contributed by atoms with Gasteiger partial charge in [0, 0.05) is 26.1 Å². The van der Waals surface area contributed by atoms with E-state index in [4.69, 9.17) is 9.15 Å². The molecule has 0 bridgehead atoms. The Kier molecular flexibility index (Phi) is 3.68. The molecule has 4 rings (SSSR count). The maximum atomic E-state index is 5.83. The number of likely N-dealkylation sites (tertiary alicyclic amines) is 1. The number of ether oxygens (including phenoxy) is 1. The van der Waals surface area contributed by atoms with Crippen molar-refractivity contribution in [3.8, 4) is 0 Å². The zero-order valence-corrected chi connectivity index (χ0v) is 12.9. The highest BCUT2D eigenvalue weighted by atomic mass is 16.5. The normalized spacial score (nSPS) is 22.3. The van der Waals surface area contributed by atoms with Crippen LogP contribution in [0.3, 0.4) is 0 Å². The predicted molar refractivity (Wildman–Crippen MR) is 81.4 cm³/mol. The van der Waals surface area contributed by atoms with Crippen LogP contribution < -0.4 is 0 Å². The third-order valence-corrected chi connectivity index (χ3v) is 4.72. The van der Waals surface area contributed by atoms with Crippen molar-refractivity contribution in [1.82, 2.24) is 15.1 Å². The van der Waals surface area contributed by atoms with Crippen LogP contribution in [0.4, 0.5) is 0 Å². The minimum absolute atomic E-state index is 0.296. The first-order valence-corrected chi connectivity index (χ1v) is 7.99. The smallest absolute Gasteiger partial charge is 0.242 e. The van der Waals surface area contributed by atoms with Crippen LogP contribution in [0.25, 0.3) is 0 Å². The van der Waals surface area contributed by atoms with E-state index in [0.29, 0.717) is 30.5 Å². The van der Waals surface area contributed by atoms with Crippen molar-refractivity contribution < 1.29 is 9.15 Å². The minimum atomic E-state index is 0.296. The average molecular weight is 299 g/mol. The molecule has 5 heteroatoms. The largest absolute Gasteiger partial charge is 0.423 e. The second kappa shape index (κ2) is 5.82. The summed E-state index contributed by atoms with van der Waals surface area (Å²) < 4.78 is 11.2. The summed E-state index contributed by atoms with van der Waals surface area (Å²) in [4.78, 5) is 2.54. The van der Waals surface area contributed by atoms with Gasteiger partial charge in [-0.25, -0.2) is 0 Å². The summed E-state index contributed by atoms with van der Waals surface area (Å²) in [7, 11) is 0. The molecule has 1 unspecified atom stereocenters. The number of aryl methyl sites for hydroxylation is 2. The van der Waals surface area contributed by atoms with Crippen LogP contribution in [-0.4, -0.2) is 40.3 Å². The highest BCUT2D eigenvalue weighted by Gasteiger charge is 2.34. The van der Waals surface area contributed by atoms with Crippen LogP contribution in [0.5, 0.6) is 0 Å². The van der Waals surface area contributed by atoms with E-state index >= 15 is 0 Å². The molecule has 116 valence electrons. The van der Waals surface area contributed by atoms with Crippen LogP contribution >= 0.6 is 0 Å². The van der Waals surface area contributed by atoms with Gasteiger partial charge in [0.15, 0.2) is 0 Å². The number of hydrogen-bond donors (Lipinski definition) is 0. The molecule has 2 aromatic rings. The SMILES string of the molecule is Cc1nnc(COC2CN(C3CCc4ccccc4C3)C2)o1. The van der Waals surface area contributed by atoms with E-state index in [0.717, 1.165) is 13.1 Å². The van der Waals surface area contributed by atoms with E-state index in [1.54, 1.807) is 6.92 Å². The van der Waals surface area contributed by atoms with Crippen molar-refractivity contribution in [2.75, 3.05) is 13.1 Å². The van der Waals surface area contributed by atoms with E-state index in [1.165, 1.54) is 30.4 Å². The fraction of sp³-hybridized carbons (Fsp3) is 0.529. The molecule has 1 aliphatic carbocycles. The molecule has 0 amide bonds. The fourth-order valence-electron chi connectivity index (χ4n) is 3.45. The highest BCUT2D eigenvalue weighted by molar-refractivity contribution is 5.30. The first-order chi connectivity index (χ1) is 10.8. The van der Waals surface area contributed by atoms with Gasteiger partial charge in [-0.2, -0.15) is 0 Å². The maximum absolute atomic E-state index is 5.83. The molecule has 0 N–H and O–H groups in total. The van der Waals surface area contributed by atoms with Gasteiger partial charge in [0.2, 0.25) is 11.8 Å². The van der Waals surface area contributed by atoms with Gasteiger partial charge >= 0.3 is 0 Å². The van der Waals surface area contributed by atoms with Gasteiger partial charge in [-0.15, -0.1) is 10.2 Å². The van der Waals surface area contributed by atoms with Crippen LogP contribution in [-0.2, 0) is 24.2 Å². The van der Waals surface area contributed by atoms with E-state index < -0.39 is 0 Å². The number of rotatable bonds is 4. The molecule has 0 spiro atoms. The first-order valence-electron chi connectivity index (χ1n) is 7.99. The molecule has 1 atom stereocenters. The van der Waals surface area contributed by atoms with Crippen LogP contribution in [0.15, 0.2) is 28.7 Å². The van der Waals surface area contributed by atoms with Gasteiger partial charge in [-0.1, -0.05) is 24.3 Å². The Morgan fingerprint density at radius 1 is 1.23 bits per heavy atom. The van der Waals surface area contributed by atoms with E-state index in [-0.39, 0.29) is 0 Å². The molecule has 1 aliphatic heterocycles. The molecule has 0 saturated carbocycles. The van der Waals surface area contributed by atoms with Crippen molar-refractivity contribution in [3.63, 3.8) is 0 Å². The Morgan fingerprint density at radius 3 is 2.82 bits per heavy atom. The average Bonchev–Trinajstić information content (AvgIpc) is 2.91. The van der Waals surface area contributed by atoms with Crippen LogP contribution in [0.1, 0.15) is 29.3 Å². The Hall–Kier alpha value is -1.72. The lowest BCUT2D eigenvalue weighted by Gasteiger charge is -2.45. The molecule has 1 fully saturated rings. The molecular weight excluding hydrogens is 278 g/mol. The second-order valence-corrected chi connectivity index (χ2v) is 6.27. The van der Waals surface area contributed by atoms with Crippen LogP contribution in [0.2, 0.25) is 0 Å². The van der Waals surface area contributed by atoms with E-state index in [9.17, 15) is 0 Å². The number of hydrogen-bond acceptors (Lipinski definition) is 5. The lowest BCUT2D eigenvalue weighted by atomic mass is 9.86. The number of fused-ring (bicyclic) bond motifs is 1. The van der Waals surface area contributed by atoms with Gasteiger partial charge in [0.25, 0.3) is 0 Å². The molecule has 1 saturated heterocycles. The number of benzene rings is 1. The monoisotopic (exact) mass is 299 g/mol. The molecule has 2 aliphatic rings. The topological polar surface area (TPSA) is 51.4 Å². The lowest BCUT2D eigenvalue weighted by molar-refractivity contribution is -0.0856. The quantitative estimate of drug-likeness (QED) is 0.865. The zero-order valence-electron chi connectivity index (χ0n) is 12.9. The third kappa shape index (κ3) is 2.78. The van der Waals surface area contributed by atoms with Gasteiger partial charge in [-0.05, 0) is 30.4 Å². The zero-order chi connectivity index (χ0) is 14.9. The predicted octanol–water partition coefficient (Wildman–Crippen LogP) is 2.14. The molecule has 22 heavy (non-hydrogen) atoms. The summed E-state index contributed by atoms with van der Waals surface area (Å²) in [5.41, 5.74) is 3.04. The number of aromatic nitrogens is 2. The van der Waals surface area contributed by atoms with Gasteiger partial charge in [-0.3, -0.25) is 4.90 Å². The summed E-state index contributed by atoms with van der Waals surface area (Å²) in [6, 6.07) is 9.50. The summed E-state index contributed by atoms with van der Waals surface area (Å²) in [6.07, 6.45) is 3.92. The Morgan fingerprint density at radius 2 is 2.05 bits per heavy atom. The van der Waals surface area contributed by atoms with Crippen LogP contribution in [0, 0.1) is 6.92 Å². The molecular formula is C17H21N3O2. The van der Waals surface area contributed by atoms with E-state index in [2.05, 4.69) is 39.4 Å². The summed E-state index contributed by atoms with van der Waals surface area (Å²) in [5, 5.41) is 7.77. The lowest BCUT2D eigenvalue weighted by Crippen LogP contribution is -2.57. The summed E-state index contributed by atoms with van der Waals surface area (Å²) >= 11 is 0. The van der Waals surface area contributed by atoms with Gasteiger partial charge < -0.3 is 9.15 Å². The van der Waals surface area contributed by atoms with Crippen molar-refractivity contribution in [2.45, 2.75) is 44.9 Å². The second-order valence-electron chi connectivity index (χ2n) is 6.27. The fourth-order valence-corrected chi connectivity index (χ4v) is 3.45. The molecule has 1 aromatic carbocycles. The maximum Gasteiger partial charge on any atom is 0.242 e. The molecule has 0 radical (unpaired) electrons. The van der Waals surface area contributed by atoms with Gasteiger partial charge in [0.05, 0.1) is 6.10 Å². The summed E-state index contributed by atoms with van der Waals surface area (Å²) in [5.74, 6) is 1.16. The minimum Gasteiger partial charge on any atom is -0.423 e. The van der Waals surface area contributed by atoms with E-state index in [1.807, 2.05) is 0 Å². The standard InChI is InChI=1S/C17H21N3O2/c1-12-18-19-17(22-12)11-21-16-9-20(10-16)15-7-6-13-4-2-3-5-14(13)8-15/h2-5,15-16H,6-11H2,1H3. The first kappa shape index (κ1) is 13.9. The molecule has 5 nitrogen and oxygen atoms in total. The highest BCUT2D eigenvalue weighted by Crippen LogP contribution is 2.28. The van der Waals surface area contributed by atoms with Crippen molar-refractivity contribution in [2.24, 2.45) is 0 Å².